The molecule has 2 heterocycles. The molecule has 0 aliphatic carbocycles. The maximum atomic E-state index is 14.3. The first kappa shape index (κ1) is 22.2. The summed E-state index contributed by atoms with van der Waals surface area (Å²) in [4.78, 5) is 21.9. The Morgan fingerprint density at radius 1 is 1.16 bits per heavy atom. The summed E-state index contributed by atoms with van der Waals surface area (Å²) < 4.78 is 30.1. The van der Waals surface area contributed by atoms with Crippen molar-refractivity contribution >= 4 is 46.0 Å². The lowest BCUT2D eigenvalue weighted by Gasteiger charge is -2.20. The highest BCUT2D eigenvalue weighted by Crippen LogP contribution is 2.33. The van der Waals surface area contributed by atoms with Crippen LogP contribution in [-0.4, -0.2) is 20.4 Å². The predicted molar refractivity (Wildman–Crippen MR) is 123 cm³/mol. The molecule has 0 bridgehead atoms. The van der Waals surface area contributed by atoms with Crippen molar-refractivity contribution in [3.63, 3.8) is 0 Å². The average molecular weight is 473 g/mol. The van der Waals surface area contributed by atoms with Gasteiger partial charge in [-0.1, -0.05) is 48.5 Å². The molecule has 4 aromatic rings. The monoisotopic (exact) mass is 472 g/mol. The van der Waals surface area contributed by atoms with E-state index in [9.17, 15) is 13.6 Å². The van der Waals surface area contributed by atoms with Crippen LogP contribution in [0.5, 0.6) is 0 Å². The van der Waals surface area contributed by atoms with Gasteiger partial charge in [-0.05, 0) is 36.8 Å². The van der Waals surface area contributed by atoms with Crippen molar-refractivity contribution in [1.82, 2.24) is 14.5 Å². The fourth-order valence-electron chi connectivity index (χ4n) is 3.39. The van der Waals surface area contributed by atoms with Crippen molar-refractivity contribution in [1.29, 1.82) is 0 Å². The number of carbonyl (C=O) groups excluding carboxylic acids is 1. The van der Waals surface area contributed by atoms with Crippen molar-refractivity contribution in [2.24, 2.45) is 0 Å². The maximum Gasteiger partial charge on any atom is 0.247 e. The molecule has 32 heavy (non-hydrogen) atoms. The third kappa shape index (κ3) is 4.47. The van der Waals surface area contributed by atoms with Crippen molar-refractivity contribution in [2.75, 3.05) is 5.32 Å². The van der Waals surface area contributed by atoms with Gasteiger partial charge in [0.1, 0.15) is 17.7 Å². The van der Waals surface area contributed by atoms with Gasteiger partial charge in [0.05, 0.1) is 22.9 Å². The Labute approximate surface area is 192 Å². The van der Waals surface area contributed by atoms with Crippen molar-refractivity contribution in [2.45, 2.75) is 30.3 Å². The average Bonchev–Trinajstić information content (AvgIpc) is 3.14. The normalized spacial score (nSPS) is 12.1. The number of thioether (sulfide) groups is 1. The largest absolute Gasteiger partial charge is 0.322 e. The number of imidazole rings is 1. The van der Waals surface area contributed by atoms with Crippen LogP contribution in [0.15, 0.2) is 66.1 Å². The molecule has 164 valence electrons. The molecular formula is C23H19ClF2N4OS. The summed E-state index contributed by atoms with van der Waals surface area (Å²) in [7, 11) is 0. The lowest BCUT2D eigenvalue weighted by atomic mass is 10.2. The lowest BCUT2D eigenvalue weighted by Crippen LogP contribution is -2.26. The van der Waals surface area contributed by atoms with Gasteiger partial charge in [0, 0.05) is 22.5 Å². The summed E-state index contributed by atoms with van der Waals surface area (Å²) >= 11 is 7.44. The van der Waals surface area contributed by atoms with E-state index in [0.29, 0.717) is 33.2 Å². The second-order valence-corrected chi connectivity index (χ2v) is 8.36. The van der Waals surface area contributed by atoms with Gasteiger partial charge in [0.2, 0.25) is 5.91 Å². The van der Waals surface area contributed by atoms with E-state index in [4.69, 9.17) is 11.6 Å². The molecule has 2 aromatic carbocycles. The van der Waals surface area contributed by atoms with Gasteiger partial charge in [-0.2, -0.15) is 0 Å². The highest BCUT2D eigenvalue weighted by Gasteiger charge is 2.25. The molecule has 0 aliphatic rings. The number of pyridine rings is 1. The number of hydrogen-bond donors (Lipinski definition) is 1. The Balaban J connectivity index is 1.70. The van der Waals surface area contributed by atoms with Crippen LogP contribution in [-0.2, 0) is 10.5 Å². The number of aromatic nitrogens is 3. The molecule has 5 nitrogen and oxygen atoms in total. The number of halogens is 3. The summed E-state index contributed by atoms with van der Waals surface area (Å²) in [6.45, 7) is 1.86. The van der Waals surface area contributed by atoms with E-state index in [2.05, 4.69) is 15.3 Å². The van der Waals surface area contributed by atoms with Crippen LogP contribution in [0.3, 0.4) is 0 Å². The molecular weight excluding hydrogens is 454 g/mol. The topological polar surface area (TPSA) is 59.8 Å². The van der Waals surface area contributed by atoms with Crippen LogP contribution < -0.4 is 5.32 Å². The molecule has 1 N–H and O–H groups in total. The molecule has 2 aromatic heterocycles. The highest BCUT2D eigenvalue weighted by atomic mass is 35.5. The van der Waals surface area contributed by atoms with E-state index in [0.717, 1.165) is 0 Å². The molecule has 0 unspecified atom stereocenters. The number of amides is 1. The minimum Gasteiger partial charge on any atom is -0.322 e. The fraction of sp³-hybridized carbons (Fsp3) is 0.174. The Morgan fingerprint density at radius 2 is 1.94 bits per heavy atom. The first-order chi connectivity index (χ1) is 15.5. The van der Waals surface area contributed by atoms with Crippen LogP contribution in [0.2, 0.25) is 5.02 Å². The number of hydrogen-bond acceptors (Lipinski definition) is 4. The predicted octanol–water partition coefficient (Wildman–Crippen LogP) is 6.25. The molecule has 0 radical (unpaired) electrons. The Hall–Kier alpha value is -2.97. The molecule has 1 atom stereocenters. The number of para-hydroxylation sites is 1. The number of fused-ring (bicyclic) bond motifs is 1. The second-order valence-electron chi connectivity index (χ2n) is 7.01. The van der Waals surface area contributed by atoms with Gasteiger partial charge in [0.15, 0.2) is 5.16 Å². The van der Waals surface area contributed by atoms with Gasteiger partial charge in [-0.15, -0.1) is 0 Å². The SMILES string of the molecule is CC[C@H](C(=O)Nc1ccccc1F)n1c(SCc2c(F)cccc2Cl)nc2ccncc21. The Kier molecular flexibility index (Phi) is 6.72. The molecule has 0 fully saturated rings. The molecule has 9 heteroatoms. The second kappa shape index (κ2) is 9.67. The smallest absolute Gasteiger partial charge is 0.247 e. The molecule has 0 aliphatic heterocycles. The van der Waals surface area contributed by atoms with E-state index >= 15 is 0 Å². The first-order valence-electron chi connectivity index (χ1n) is 9.92. The van der Waals surface area contributed by atoms with Crippen molar-refractivity contribution < 1.29 is 13.6 Å². The van der Waals surface area contributed by atoms with Gasteiger partial charge in [0.25, 0.3) is 0 Å². The minimum atomic E-state index is -0.678. The first-order valence-corrected chi connectivity index (χ1v) is 11.3. The van der Waals surface area contributed by atoms with Gasteiger partial charge < -0.3 is 9.88 Å². The minimum absolute atomic E-state index is 0.103. The van der Waals surface area contributed by atoms with E-state index in [1.165, 1.54) is 30.0 Å². The summed E-state index contributed by atoms with van der Waals surface area (Å²) in [5, 5.41) is 3.50. The summed E-state index contributed by atoms with van der Waals surface area (Å²) in [5.41, 5.74) is 1.77. The highest BCUT2D eigenvalue weighted by molar-refractivity contribution is 7.98. The van der Waals surface area contributed by atoms with Gasteiger partial charge in [-0.25, -0.2) is 13.8 Å². The molecule has 1 amide bonds. The van der Waals surface area contributed by atoms with E-state index < -0.39 is 17.7 Å². The lowest BCUT2D eigenvalue weighted by molar-refractivity contribution is -0.119. The number of carbonyl (C=O) groups is 1. The fourth-order valence-corrected chi connectivity index (χ4v) is 4.80. The van der Waals surface area contributed by atoms with Crippen molar-refractivity contribution in [3.8, 4) is 0 Å². The van der Waals surface area contributed by atoms with Gasteiger partial charge >= 0.3 is 0 Å². The van der Waals surface area contributed by atoms with Crippen LogP contribution in [0.25, 0.3) is 11.0 Å². The third-order valence-corrected chi connectivity index (χ3v) is 6.33. The zero-order valence-corrected chi connectivity index (χ0v) is 18.6. The standard InChI is InChI=1S/C23H19ClF2N4OS/c1-2-20(22(31)28-18-9-4-3-7-17(18)26)30-21-12-27-11-10-19(21)29-23(30)32-13-14-15(24)6-5-8-16(14)25/h3-12,20H,2,13H2,1H3,(H,28,31)/t20-/m1/s1. The van der Waals surface area contributed by atoms with Gasteiger partial charge in [-0.3, -0.25) is 9.78 Å². The van der Waals surface area contributed by atoms with E-state index in [1.807, 2.05) is 6.92 Å². The summed E-state index contributed by atoms with van der Waals surface area (Å²) in [6, 6.07) is 11.6. The van der Waals surface area contributed by atoms with Crippen LogP contribution in [0, 0.1) is 11.6 Å². The summed E-state index contributed by atoms with van der Waals surface area (Å²) in [6.07, 6.45) is 3.67. The maximum absolute atomic E-state index is 14.3. The number of nitrogens with one attached hydrogen (secondary N) is 1. The van der Waals surface area contributed by atoms with Crippen LogP contribution in [0.4, 0.5) is 14.5 Å². The molecule has 4 rings (SSSR count). The Morgan fingerprint density at radius 3 is 2.69 bits per heavy atom. The quantitative estimate of drug-likeness (QED) is 0.323. The van der Waals surface area contributed by atoms with E-state index in [1.54, 1.807) is 47.3 Å². The number of anilines is 1. The number of rotatable bonds is 7. The third-order valence-electron chi connectivity index (χ3n) is 5.00. The number of nitrogens with zero attached hydrogens (tertiary/aromatic N) is 3. The zero-order chi connectivity index (χ0) is 22.7. The van der Waals surface area contributed by atoms with Crippen LogP contribution in [0.1, 0.15) is 24.9 Å². The molecule has 0 spiro atoms. The summed E-state index contributed by atoms with van der Waals surface area (Å²) in [5.74, 6) is -1.07. The Bertz CT molecular complexity index is 1260. The van der Waals surface area contributed by atoms with E-state index in [-0.39, 0.29) is 17.3 Å². The number of benzene rings is 2. The zero-order valence-electron chi connectivity index (χ0n) is 17.1. The molecule has 0 saturated carbocycles. The van der Waals surface area contributed by atoms with Crippen molar-refractivity contribution in [3.05, 3.63) is 83.1 Å². The molecule has 0 saturated heterocycles. The van der Waals surface area contributed by atoms with Crippen LogP contribution >= 0.6 is 23.4 Å².